The van der Waals surface area contributed by atoms with Crippen molar-refractivity contribution >= 4 is 0 Å². The van der Waals surface area contributed by atoms with Gasteiger partial charge >= 0.3 is 0 Å². The third kappa shape index (κ3) is 5.44. The molecular weight excluding hydrogens is 354 g/mol. The molecule has 3 rings (SSSR count). The highest BCUT2D eigenvalue weighted by atomic mass is 16.5. The number of hydrogen-bond donors (Lipinski definition) is 1. The predicted octanol–water partition coefficient (Wildman–Crippen LogP) is 2.48. The van der Waals surface area contributed by atoms with Crippen LogP contribution in [0.3, 0.4) is 0 Å². The van der Waals surface area contributed by atoms with Crippen LogP contribution in [0.2, 0.25) is 0 Å². The van der Waals surface area contributed by atoms with Gasteiger partial charge in [0.05, 0.1) is 19.9 Å². The van der Waals surface area contributed by atoms with Crippen molar-refractivity contribution in [3.8, 4) is 11.5 Å². The van der Waals surface area contributed by atoms with E-state index in [9.17, 15) is 5.11 Å². The Labute approximate surface area is 167 Å². The van der Waals surface area contributed by atoms with E-state index < -0.39 is 0 Å². The van der Waals surface area contributed by atoms with Gasteiger partial charge in [0.2, 0.25) is 0 Å². The maximum Gasteiger partial charge on any atom is 0.122 e. The number of aliphatic hydroxyl groups is 1. The minimum Gasteiger partial charge on any atom is -0.497 e. The highest BCUT2D eigenvalue weighted by Crippen LogP contribution is 2.25. The molecule has 1 aromatic heterocycles. The number of aromatic nitrogens is 1. The molecule has 1 saturated heterocycles. The number of aliphatic hydroxyl groups excluding tert-OH is 1. The monoisotopic (exact) mass is 385 g/mol. The van der Waals surface area contributed by atoms with Crippen LogP contribution in [0, 0.1) is 6.92 Å². The van der Waals surface area contributed by atoms with Crippen molar-refractivity contribution in [3.05, 3.63) is 53.3 Å². The van der Waals surface area contributed by atoms with Crippen molar-refractivity contribution in [2.75, 3.05) is 40.5 Å². The standard InChI is InChI=1S/C22H31N3O3/c1-17-5-4-6-19(23-17)15-24-8-9-25(20(16-24)7-10-26)14-18-11-21(27-2)13-22(12-18)28-3/h4-6,11-13,20,26H,7-10,14-16H2,1-3H3/t20-/m0/s1. The number of methoxy groups -OCH3 is 2. The molecule has 0 aliphatic carbocycles. The van der Waals surface area contributed by atoms with Gasteiger partial charge in [0.25, 0.3) is 0 Å². The molecule has 0 spiro atoms. The molecule has 1 atom stereocenters. The third-order valence-electron chi connectivity index (χ3n) is 5.28. The zero-order valence-corrected chi connectivity index (χ0v) is 17.1. The molecule has 1 aliphatic rings. The lowest BCUT2D eigenvalue weighted by Crippen LogP contribution is -2.52. The molecule has 0 saturated carbocycles. The second kappa shape index (κ2) is 9.87. The fraction of sp³-hybridized carbons (Fsp3) is 0.500. The van der Waals surface area contributed by atoms with Crippen LogP contribution in [0.1, 0.15) is 23.4 Å². The maximum atomic E-state index is 9.58. The fourth-order valence-electron chi connectivity index (χ4n) is 3.84. The molecule has 1 aromatic carbocycles. The lowest BCUT2D eigenvalue weighted by atomic mass is 10.1. The van der Waals surface area contributed by atoms with Crippen LogP contribution in [0.5, 0.6) is 11.5 Å². The number of benzene rings is 1. The van der Waals surface area contributed by atoms with Gasteiger partial charge in [0.15, 0.2) is 0 Å². The van der Waals surface area contributed by atoms with Gasteiger partial charge in [-0.3, -0.25) is 14.8 Å². The zero-order valence-electron chi connectivity index (χ0n) is 17.1. The molecule has 1 aliphatic heterocycles. The van der Waals surface area contributed by atoms with E-state index in [1.165, 1.54) is 0 Å². The van der Waals surface area contributed by atoms with Crippen molar-refractivity contribution in [1.82, 2.24) is 14.8 Å². The zero-order chi connectivity index (χ0) is 19.9. The molecule has 0 bridgehead atoms. The summed E-state index contributed by atoms with van der Waals surface area (Å²) in [4.78, 5) is 9.52. The first kappa shape index (κ1) is 20.6. The number of aryl methyl sites for hydroxylation is 1. The van der Waals surface area contributed by atoms with Gasteiger partial charge in [0.1, 0.15) is 11.5 Å². The molecular formula is C22H31N3O3. The van der Waals surface area contributed by atoms with Gasteiger partial charge < -0.3 is 14.6 Å². The molecule has 152 valence electrons. The molecule has 2 heterocycles. The summed E-state index contributed by atoms with van der Waals surface area (Å²) >= 11 is 0. The van der Waals surface area contributed by atoms with Crippen LogP contribution in [0.4, 0.5) is 0 Å². The molecule has 0 amide bonds. The van der Waals surface area contributed by atoms with Crippen LogP contribution >= 0.6 is 0 Å². The smallest absolute Gasteiger partial charge is 0.122 e. The lowest BCUT2D eigenvalue weighted by Gasteiger charge is -2.41. The van der Waals surface area contributed by atoms with Gasteiger partial charge in [0, 0.05) is 57.1 Å². The summed E-state index contributed by atoms with van der Waals surface area (Å²) in [5, 5.41) is 9.58. The van der Waals surface area contributed by atoms with Crippen LogP contribution in [0.15, 0.2) is 36.4 Å². The molecule has 0 radical (unpaired) electrons. The minimum absolute atomic E-state index is 0.194. The summed E-state index contributed by atoms with van der Waals surface area (Å²) in [6.07, 6.45) is 0.763. The lowest BCUT2D eigenvalue weighted by molar-refractivity contribution is 0.0493. The van der Waals surface area contributed by atoms with Gasteiger partial charge in [-0.25, -0.2) is 0 Å². The summed E-state index contributed by atoms with van der Waals surface area (Å²) in [6.45, 7) is 6.75. The maximum absolute atomic E-state index is 9.58. The summed E-state index contributed by atoms with van der Waals surface area (Å²) < 4.78 is 10.8. The van der Waals surface area contributed by atoms with Crippen LogP contribution in [0.25, 0.3) is 0 Å². The number of ether oxygens (including phenoxy) is 2. The Kier molecular flexibility index (Phi) is 7.25. The van der Waals surface area contributed by atoms with Crippen molar-refractivity contribution in [3.63, 3.8) is 0 Å². The summed E-state index contributed by atoms with van der Waals surface area (Å²) in [5.74, 6) is 1.61. The first-order valence-corrected chi connectivity index (χ1v) is 9.83. The van der Waals surface area contributed by atoms with Gasteiger partial charge in [-0.05, 0) is 43.2 Å². The SMILES string of the molecule is COc1cc(CN2CCN(Cc3cccc(C)n3)C[C@@H]2CCO)cc(OC)c1. The third-order valence-corrected chi connectivity index (χ3v) is 5.28. The summed E-state index contributed by atoms with van der Waals surface area (Å²) in [6, 6.07) is 12.5. The van der Waals surface area contributed by atoms with E-state index in [0.717, 1.165) is 67.6 Å². The Morgan fingerprint density at radius 1 is 1.07 bits per heavy atom. The summed E-state index contributed by atoms with van der Waals surface area (Å²) in [5.41, 5.74) is 3.32. The van der Waals surface area contributed by atoms with Crippen LogP contribution in [-0.4, -0.2) is 66.4 Å². The minimum atomic E-state index is 0.194. The Balaban J connectivity index is 1.67. The summed E-state index contributed by atoms with van der Waals surface area (Å²) in [7, 11) is 3.34. The largest absolute Gasteiger partial charge is 0.497 e. The fourth-order valence-corrected chi connectivity index (χ4v) is 3.84. The normalized spacial score (nSPS) is 18.2. The molecule has 6 heteroatoms. The van der Waals surface area contributed by atoms with Crippen molar-refractivity contribution in [2.24, 2.45) is 0 Å². The highest BCUT2D eigenvalue weighted by molar-refractivity contribution is 5.38. The number of rotatable bonds is 8. The first-order chi connectivity index (χ1) is 13.6. The molecule has 2 aromatic rings. The molecule has 28 heavy (non-hydrogen) atoms. The average molecular weight is 386 g/mol. The Bertz CT molecular complexity index is 746. The first-order valence-electron chi connectivity index (χ1n) is 9.83. The van der Waals surface area contributed by atoms with Crippen molar-refractivity contribution in [1.29, 1.82) is 0 Å². The molecule has 1 N–H and O–H groups in total. The molecule has 1 fully saturated rings. The van der Waals surface area contributed by atoms with Gasteiger partial charge in [-0.2, -0.15) is 0 Å². The topological polar surface area (TPSA) is 58.1 Å². The van der Waals surface area contributed by atoms with E-state index in [1.54, 1.807) is 14.2 Å². The quantitative estimate of drug-likeness (QED) is 0.753. The van der Waals surface area contributed by atoms with Crippen molar-refractivity contribution < 1.29 is 14.6 Å². The van der Waals surface area contributed by atoms with E-state index in [4.69, 9.17) is 9.47 Å². The Morgan fingerprint density at radius 3 is 2.46 bits per heavy atom. The second-order valence-electron chi connectivity index (χ2n) is 7.36. The number of nitrogens with zero attached hydrogens (tertiary/aromatic N) is 3. The van der Waals surface area contributed by atoms with E-state index in [-0.39, 0.29) is 6.61 Å². The van der Waals surface area contributed by atoms with Crippen LogP contribution < -0.4 is 9.47 Å². The van der Waals surface area contributed by atoms with E-state index in [0.29, 0.717) is 6.04 Å². The van der Waals surface area contributed by atoms with Crippen LogP contribution in [-0.2, 0) is 13.1 Å². The molecule has 0 unspecified atom stereocenters. The Hall–Kier alpha value is -2.15. The number of hydrogen-bond acceptors (Lipinski definition) is 6. The number of piperazine rings is 1. The van der Waals surface area contributed by atoms with E-state index in [1.807, 2.05) is 19.1 Å². The van der Waals surface area contributed by atoms with E-state index in [2.05, 4.69) is 39.0 Å². The molecule has 6 nitrogen and oxygen atoms in total. The second-order valence-corrected chi connectivity index (χ2v) is 7.36. The number of pyridine rings is 1. The van der Waals surface area contributed by atoms with Gasteiger partial charge in [-0.1, -0.05) is 6.07 Å². The highest BCUT2D eigenvalue weighted by Gasteiger charge is 2.27. The average Bonchev–Trinajstić information content (AvgIpc) is 2.70. The van der Waals surface area contributed by atoms with Crippen molar-refractivity contribution in [2.45, 2.75) is 32.5 Å². The van der Waals surface area contributed by atoms with Gasteiger partial charge in [-0.15, -0.1) is 0 Å². The predicted molar refractivity (Wildman–Crippen MR) is 110 cm³/mol. The van der Waals surface area contributed by atoms with E-state index >= 15 is 0 Å². The Morgan fingerprint density at radius 2 is 1.82 bits per heavy atom.